The van der Waals surface area contributed by atoms with Crippen molar-refractivity contribution in [1.82, 2.24) is 14.5 Å². The van der Waals surface area contributed by atoms with Gasteiger partial charge in [0.1, 0.15) is 0 Å². The van der Waals surface area contributed by atoms with E-state index in [0.717, 1.165) is 44.8 Å². The molecule has 0 radical (unpaired) electrons. The van der Waals surface area contributed by atoms with Gasteiger partial charge in [-0.1, -0.05) is 12.1 Å². The maximum atomic E-state index is 13.6. The second-order valence-corrected chi connectivity index (χ2v) is 11.8. The van der Waals surface area contributed by atoms with Crippen LogP contribution in [0.15, 0.2) is 29.2 Å². The minimum absolute atomic E-state index is 0.0285. The summed E-state index contributed by atoms with van der Waals surface area (Å²) < 4.78 is 45.7. The van der Waals surface area contributed by atoms with Crippen molar-refractivity contribution in [2.75, 3.05) is 59.2 Å². The summed E-state index contributed by atoms with van der Waals surface area (Å²) in [6, 6.07) is 6.31. The van der Waals surface area contributed by atoms with Gasteiger partial charge in [-0.3, -0.25) is 9.69 Å². The number of amides is 1. The summed E-state index contributed by atoms with van der Waals surface area (Å²) >= 11 is 0. The first-order valence-electron chi connectivity index (χ1n) is 12.9. The van der Waals surface area contributed by atoms with Gasteiger partial charge >= 0.3 is 0 Å². The van der Waals surface area contributed by atoms with E-state index in [9.17, 15) is 18.3 Å². The lowest BCUT2D eigenvalue weighted by molar-refractivity contribution is -0.146. The molecular weight excluding hydrogens is 486 g/mol. The normalized spacial score (nSPS) is 28.6. The van der Waals surface area contributed by atoms with E-state index in [1.807, 2.05) is 13.0 Å². The Hall–Kier alpha value is -1.60. The molecule has 0 saturated carbocycles. The number of hydrogen-bond acceptors (Lipinski definition) is 8. The molecule has 2 N–H and O–H groups in total. The van der Waals surface area contributed by atoms with Crippen LogP contribution in [0.2, 0.25) is 0 Å². The molecule has 1 aromatic carbocycles. The van der Waals surface area contributed by atoms with E-state index in [1.165, 1.54) is 4.31 Å². The van der Waals surface area contributed by atoms with Crippen molar-refractivity contribution in [3.05, 3.63) is 29.8 Å². The lowest BCUT2D eigenvalue weighted by Crippen LogP contribution is -2.57. The molecule has 3 aliphatic heterocycles. The summed E-state index contributed by atoms with van der Waals surface area (Å²) in [5.74, 6) is -0.0631. The number of morpholine rings is 1. The van der Waals surface area contributed by atoms with Gasteiger partial charge < -0.3 is 24.6 Å². The SMILES string of the molecule is Cc1cccc(S(=O)(=O)N2C[C@H](O)COC[C@H]3O[C@@H](CC(=O)NCCCN4CCOCC4)CC[C@@H]32)c1. The average Bonchev–Trinajstić information content (AvgIpc) is 2.85. The van der Waals surface area contributed by atoms with Crippen LogP contribution in [-0.2, 0) is 29.0 Å². The molecule has 11 heteroatoms. The summed E-state index contributed by atoms with van der Waals surface area (Å²) in [6.07, 6.45) is 0.454. The zero-order valence-corrected chi connectivity index (χ0v) is 21.8. The van der Waals surface area contributed by atoms with E-state index in [0.29, 0.717) is 19.4 Å². The van der Waals surface area contributed by atoms with Gasteiger partial charge in [0, 0.05) is 26.2 Å². The van der Waals surface area contributed by atoms with Gasteiger partial charge in [-0.25, -0.2) is 8.42 Å². The molecule has 0 bridgehead atoms. The minimum Gasteiger partial charge on any atom is -0.389 e. The Labute approximate surface area is 213 Å². The first-order chi connectivity index (χ1) is 17.3. The Balaban J connectivity index is 1.33. The molecular formula is C25H39N3O7S. The van der Waals surface area contributed by atoms with E-state index in [4.69, 9.17) is 14.2 Å². The van der Waals surface area contributed by atoms with Gasteiger partial charge in [-0.2, -0.15) is 4.31 Å². The topological polar surface area (TPSA) is 118 Å². The fraction of sp³-hybridized carbons (Fsp3) is 0.720. The number of aliphatic hydroxyl groups excluding tert-OH is 1. The van der Waals surface area contributed by atoms with Crippen LogP contribution in [-0.4, -0.2) is 112 Å². The van der Waals surface area contributed by atoms with E-state index in [-0.39, 0.29) is 43.1 Å². The predicted octanol–water partition coefficient (Wildman–Crippen LogP) is 0.522. The van der Waals surface area contributed by atoms with Crippen LogP contribution in [0.4, 0.5) is 0 Å². The number of β-amino-alcohol motifs (C(OH)–C–C–N with tert-alkyl or cyclic N) is 1. The highest BCUT2D eigenvalue weighted by molar-refractivity contribution is 7.89. The third-order valence-corrected chi connectivity index (χ3v) is 8.91. The van der Waals surface area contributed by atoms with Crippen LogP contribution in [0.3, 0.4) is 0 Å². The van der Waals surface area contributed by atoms with Gasteiger partial charge in [0.25, 0.3) is 0 Å². The molecule has 10 nitrogen and oxygen atoms in total. The zero-order valence-electron chi connectivity index (χ0n) is 21.0. The molecule has 3 fully saturated rings. The van der Waals surface area contributed by atoms with Crippen molar-refractivity contribution in [3.8, 4) is 0 Å². The number of fused-ring (bicyclic) bond motifs is 1. The van der Waals surface area contributed by atoms with Gasteiger partial charge in [-0.05, 0) is 50.4 Å². The Morgan fingerprint density at radius 1 is 1.17 bits per heavy atom. The molecule has 4 rings (SSSR count). The van der Waals surface area contributed by atoms with Crippen LogP contribution in [0.25, 0.3) is 0 Å². The number of nitrogens with one attached hydrogen (secondary N) is 1. The van der Waals surface area contributed by atoms with Crippen LogP contribution < -0.4 is 5.32 Å². The lowest BCUT2D eigenvalue weighted by Gasteiger charge is -2.43. The summed E-state index contributed by atoms with van der Waals surface area (Å²) in [5.41, 5.74) is 0.847. The van der Waals surface area contributed by atoms with Gasteiger partial charge in [-0.15, -0.1) is 0 Å². The van der Waals surface area contributed by atoms with Crippen LogP contribution >= 0.6 is 0 Å². The van der Waals surface area contributed by atoms with Crippen LogP contribution in [0.5, 0.6) is 0 Å². The average molecular weight is 526 g/mol. The number of benzene rings is 1. The van der Waals surface area contributed by atoms with Crippen molar-refractivity contribution in [2.45, 2.75) is 61.9 Å². The number of hydrogen-bond donors (Lipinski definition) is 2. The number of ether oxygens (including phenoxy) is 3. The summed E-state index contributed by atoms with van der Waals surface area (Å²) in [4.78, 5) is 15.1. The standard InChI is InChI=1S/C25H39N3O7S/c1-19-4-2-5-22(14-19)36(31,32)28-16-20(29)17-34-18-24-23(28)7-6-21(35-24)15-25(30)26-8-3-9-27-10-12-33-13-11-27/h2,4-5,14,20-21,23-24,29H,3,6-13,15-18H2,1H3,(H,26,30)/t20-,21+,23-,24+/m0/s1. The van der Waals surface area contributed by atoms with Crippen molar-refractivity contribution >= 4 is 15.9 Å². The van der Waals surface area contributed by atoms with E-state index in [2.05, 4.69) is 10.2 Å². The molecule has 3 aliphatic rings. The highest BCUT2D eigenvalue weighted by atomic mass is 32.2. The van der Waals surface area contributed by atoms with Gasteiger partial charge in [0.05, 0.1) is 62.1 Å². The first-order valence-corrected chi connectivity index (χ1v) is 14.3. The monoisotopic (exact) mass is 525 g/mol. The Morgan fingerprint density at radius 2 is 1.97 bits per heavy atom. The maximum absolute atomic E-state index is 13.6. The Kier molecular flexibility index (Phi) is 9.73. The van der Waals surface area contributed by atoms with Crippen molar-refractivity contribution in [1.29, 1.82) is 0 Å². The number of sulfonamides is 1. The molecule has 1 aromatic rings. The molecule has 3 saturated heterocycles. The van der Waals surface area contributed by atoms with Gasteiger partial charge in [0.15, 0.2) is 0 Å². The number of carbonyl (C=O) groups excluding carboxylic acids is 1. The summed E-state index contributed by atoms with van der Waals surface area (Å²) in [5, 5.41) is 13.3. The molecule has 36 heavy (non-hydrogen) atoms. The van der Waals surface area contributed by atoms with Gasteiger partial charge in [0.2, 0.25) is 15.9 Å². The highest BCUT2D eigenvalue weighted by Crippen LogP contribution is 2.31. The first kappa shape index (κ1) is 27.4. The Bertz CT molecular complexity index is 970. The molecule has 0 spiro atoms. The van der Waals surface area contributed by atoms with Crippen LogP contribution in [0, 0.1) is 6.92 Å². The number of rotatable bonds is 8. The van der Waals surface area contributed by atoms with E-state index >= 15 is 0 Å². The second kappa shape index (κ2) is 12.8. The maximum Gasteiger partial charge on any atom is 0.243 e. The van der Waals surface area contributed by atoms with E-state index < -0.39 is 28.3 Å². The fourth-order valence-corrected chi connectivity index (χ4v) is 6.94. The molecule has 202 valence electrons. The predicted molar refractivity (Wildman–Crippen MR) is 133 cm³/mol. The zero-order chi connectivity index (χ0) is 25.5. The van der Waals surface area contributed by atoms with E-state index in [1.54, 1.807) is 18.2 Å². The molecule has 0 aromatic heterocycles. The minimum atomic E-state index is -3.85. The van der Waals surface area contributed by atoms with Crippen molar-refractivity contribution < 1.29 is 32.5 Å². The largest absolute Gasteiger partial charge is 0.389 e. The van der Waals surface area contributed by atoms with Crippen molar-refractivity contribution in [3.63, 3.8) is 0 Å². The number of aryl methyl sites for hydroxylation is 1. The number of aliphatic hydroxyl groups is 1. The Morgan fingerprint density at radius 3 is 2.75 bits per heavy atom. The molecule has 3 heterocycles. The fourth-order valence-electron chi connectivity index (χ4n) is 5.12. The summed E-state index contributed by atoms with van der Waals surface area (Å²) in [7, 11) is -3.85. The number of carbonyl (C=O) groups is 1. The van der Waals surface area contributed by atoms with Crippen molar-refractivity contribution in [2.24, 2.45) is 0 Å². The lowest BCUT2D eigenvalue weighted by atomic mass is 9.96. The third-order valence-electron chi connectivity index (χ3n) is 7.02. The molecule has 1 amide bonds. The smallest absolute Gasteiger partial charge is 0.243 e. The molecule has 0 unspecified atom stereocenters. The highest BCUT2D eigenvalue weighted by Gasteiger charge is 2.43. The second-order valence-electron chi connectivity index (χ2n) is 9.89. The molecule has 0 aliphatic carbocycles. The quantitative estimate of drug-likeness (QED) is 0.472. The summed E-state index contributed by atoms with van der Waals surface area (Å²) in [6.45, 7) is 6.92. The number of nitrogens with zero attached hydrogens (tertiary/aromatic N) is 2. The third kappa shape index (κ3) is 7.25. The molecule has 4 atom stereocenters. The van der Waals surface area contributed by atoms with Crippen LogP contribution in [0.1, 0.15) is 31.2 Å².